The number of nitriles is 1. The molecule has 0 saturated heterocycles. The van der Waals surface area contributed by atoms with E-state index in [9.17, 15) is 4.79 Å². The zero-order chi connectivity index (χ0) is 15.8. The monoisotopic (exact) mass is 327 g/mol. The molecule has 2 N–H and O–H groups in total. The van der Waals surface area contributed by atoms with Gasteiger partial charge in [0.25, 0.3) is 5.91 Å². The van der Waals surface area contributed by atoms with Crippen molar-refractivity contribution in [3.8, 4) is 6.07 Å². The van der Waals surface area contributed by atoms with Gasteiger partial charge in [0, 0.05) is 25.0 Å². The Morgan fingerprint density at radius 3 is 2.71 bits per heavy atom. The molecule has 0 aliphatic rings. The van der Waals surface area contributed by atoms with Crippen LogP contribution in [0.4, 0.5) is 5.69 Å². The second-order valence-electron chi connectivity index (χ2n) is 4.09. The van der Waals surface area contributed by atoms with E-state index in [4.69, 9.17) is 33.6 Å². The summed E-state index contributed by atoms with van der Waals surface area (Å²) in [5.41, 5.74) is 0.386. The number of benzene rings is 1. The molecule has 0 bridgehead atoms. The van der Waals surface area contributed by atoms with Crippen LogP contribution in [0.15, 0.2) is 30.0 Å². The van der Waals surface area contributed by atoms with Crippen molar-refractivity contribution in [2.24, 2.45) is 0 Å². The number of anilines is 1. The first-order valence-corrected chi connectivity index (χ1v) is 7.00. The SMILES string of the molecule is CCN(/C=C(/C#N)C(=O)Nc1ccc(Cl)c(Cl)c1)CCO. The van der Waals surface area contributed by atoms with Gasteiger partial charge in [-0.25, -0.2) is 0 Å². The molecule has 0 spiro atoms. The lowest BCUT2D eigenvalue weighted by atomic mass is 10.2. The second kappa shape index (κ2) is 8.53. The Hall–Kier alpha value is -1.74. The third-order valence-electron chi connectivity index (χ3n) is 2.65. The Balaban J connectivity index is 2.86. The lowest BCUT2D eigenvalue weighted by Crippen LogP contribution is -2.23. The van der Waals surface area contributed by atoms with Crippen molar-refractivity contribution in [2.45, 2.75) is 6.92 Å². The summed E-state index contributed by atoms with van der Waals surface area (Å²) in [6, 6.07) is 6.48. The molecule has 0 aliphatic heterocycles. The second-order valence-corrected chi connectivity index (χ2v) is 4.90. The number of aliphatic hydroxyl groups excluding tert-OH is 1. The average Bonchev–Trinajstić information content (AvgIpc) is 2.47. The number of carbonyl (C=O) groups is 1. The van der Waals surface area contributed by atoms with Crippen LogP contribution < -0.4 is 5.32 Å². The largest absolute Gasteiger partial charge is 0.395 e. The van der Waals surface area contributed by atoms with Gasteiger partial charge in [0.1, 0.15) is 11.6 Å². The Labute approximate surface area is 133 Å². The van der Waals surface area contributed by atoms with Crippen molar-refractivity contribution in [3.63, 3.8) is 0 Å². The van der Waals surface area contributed by atoms with Crippen LogP contribution in [0.2, 0.25) is 10.0 Å². The molecular weight excluding hydrogens is 313 g/mol. The molecule has 0 atom stereocenters. The van der Waals surface area contributed by atoms with E-state index in [1.807, 2.05) is 13.0 Å². The Morgan fingerprint density at radius 2 is 2.19 bits per heavy atom. The predicted octanol–water partition coefficient (Wildman–Crippen LogP) is 2.65. The van der Waals surface area contributed by atoms with Crippen LogP contribution >= 0.6 is 23.2 Å². The number of nitrogens with zero attached hydrogens (tertiary/aromatic N) is 2. The van der Waals surface area contributed by atoms with E-state index in [1.165, 1.54) is 12.3 Å². The molecule has 7 heteroatoms. The van der Waals surface area contributed by atoms with Crippen molar-refractivity contribution in [2.75, 3.05) is 25.0 Å². The molecule has 0 saturated carbocycles. The van der Waals surface area contributed by atoms with Gasteiger partial charge in [0.05, 0.1) is 16.7 Å². The number of nitrogens with one attached hydrogen (secondary N) is 1. The molecule has 5 nitrogen and oxygen atoms in total. The number of aliphatic hydroxyl groups is 1. The van der Waals surface area contributed by atoms with E-state index in [-0.39, 0.29) is 12.2 Å². The number of amides is 1. The molecule has 112 valence electrons. The molecule has 0 heterocycles. The molecule has 1 amide bonds. The lowest BCUT2D eigenvalue weighted by molar-refractivity contribution is -0.112. The van der Waals surface area contributed by atoms with Crippen LogP contribution in [0, 0.1) is 11.3 Å². The van der Waals surface area contributed by atoms with E-state index < -0.39 is 5.91 Å². The predicted molar refractivity (Wildman–Crippen MR) is 83.1 cm³/mol. The molecule has 0 fully saturated rings. The van der Waals surface area contributed by atoms with E-state index in [1.54, 1.807) is 17.0 Å². The summed E-state index contributed by atoms with van der Waals surface area (Å²) < 4.78 is 0. The number of hydrogen-bond donors (Lipinski definition) is 2. The Kier molecular flexibility index (Phi) is 7.03. The summed E-state index contributed by atoms with van der Waals surface area (Å²) in [4.78, 5) is 13.7. The fraction of sp³-hybridized carbons (Fsp3) is 0.286. The van der Waals surface area contributed by atoms with E-state index in [2.05, 4.69) is 5.32 Å². The minimum atomic E-state index is -0.549. The zero-order valence-corrected chi connectivity index (χ0v) is 12.9. The average molecular weight is 328 g/mol. The first-order valence-electron chi connectivity index (χ1n) is 6.25. The zero-order valence-electron chi connectivity index (χ0n) is 11.4. The summed E-state index contributed by atoms with van der Waals surface area (Å²) in [7, 11) is 0. The summed E-state index contributed by atoms with van der Waals surface area (Å²) in [5, 5.41) is 21.2. The minimum Gasteiger partial charge on any atom is -0.395 e. The van der Waals surface area contributed by atoms with Crippen LogP contribution in [0.1, 0.15) is 6.92 Å². The van der Waals surface area contributed by atoms with Gasteiger partial charge in [0.15, 0.2) is 0 Å². The molecule has 21 heavy (non-hydrogen) atoms. The standard InChI is InChI=1S/C14H15Cl2N3O2/c1-2-19(5-6-20)9-10(8-17)14(21)18-11-3-4-12(15)13(16)7-11/h3-4,7,9,20H,2,5-6H2,1H3,(H,18,21)/b10-9-. The fourth-order valence-electron chi connectivity index (χ4n) is 1.54. The maximum atomic E-state index is 12.0. The topological polar surface area (TPSA) is 76.4 Å². The highest BCUT2D eigenvalue weighted by molar-refractivity contribution is 6.42. The van der Waals surface area contributed by atoms with Crippen molar-refractivity contribution in [1.29, 1.82) is 5.26 Å². The third kappa shape index (κ3) is 5.27. The van der Waals surface area contributed by atoms with Crippen LogP contribution in [-0.4, -0.2) is 35.6 Å². The molecule has 1 rings (SSSR count). The first kappa shape index (κ1) is 17.3. The number of rotatable bonds is 6. The number of carbonyl (C=O) groups excluding carboxylic acids is 1. The smallest absolute Gasteiger partial charge is 0.267 e. The van der Waals surface area contributed by atoms with Gasteiger partial charge >= 0.3 is 0 Å². The molecule has 0 aliphatic carbocycles. The highest BCUT2D eigenvalue weighted by atomic mass is 35.5. The Morgan fingerprint density at radius 1 is 1.48 bits per heavy atom. The van der Waals surface area contributed by atoms with Crippen molar-refractivity contribution < 1.29 is 9.90 Å². The molecule has 1 aromatic rings. The summed E-state index contributed by atoms with van der Waals surface area (Å²) in [6.45, 7) is 2.73. The van der Waals surface area contributed by atoms with Crippen LogP contribution in [-0.2, 0) is 4.79 Å². The van der Waals surface area contributed by atoms with E-state index >= 15 is 0 Å². The number of halogens is 2. The molecular formula is C14H15Cl2N3O2. The summed E-state index contributed by atoms with van der Waals surface area (Å²) in [5.74, 6) is -0.549. The first-order chi connectivity index (χ1) is 10.0. The maximum absolute atomic E-state index is 12.0. The van der Waals surface area contributed by atoms with Gasteiger partial charge in [-0.05, 0) is 25.1 Å². The molecule has 0 aromatic heterocycles. The van der Waals surface area contributed by atoms with Crippen LogP contribution in [0.5, 0.6) is 0 Å². The Bertz CT molecular complexity index is 582. The van der Waals surface area contributed by atoms with Gasteiger partial charge in [-0.1, -0.05) is 23.2 Å². The van der Waals surface area contributed by atoms with Gasteiger partial charge < -0.3 is 15.3 Å². The van der Waals surface area contributed by atoms with Crippen LogP contribution in [0.3, 0.4) is 0 Å². The van der Waals surface area contributed by atoms with Gasteiger partial charge in [-0.3, -0.25) is 4.79 Å². The van der Waals surface area contributed by atoms with Gasteiger partial charge in [-0.15, -0.1) is 0 Å². The lowest BCUT2D eigenvalue weighted by Gasteiger charge is -2.17. The highest BCUT2D eigenvalue weighted by Crippen LogP contribution is 2.25. The van der Waals surface area contributed by atoms with Crippen molar-refractivity contribution in [1.82, 2.24) is 4.90 Å². The van der Waals surface area contributed by atoms with Gasteiger partial charge in [0.2, 0.25) is 0 Å². The molecule has 0 radical (unpaired) electrons. The van der Waals surface area contributed by atoms with Crippen molar-refractivity contribution >= 4 is 34.8 Å². The van der Waals surface area contributed by atoms with E-state index in [0.29, 0.717) is 28.8 Å². The third-order valence-corrected chi connectivity index (χ3v) is 3.39. The number of likely N-dealkylation sites (N-methyl/N-ethyl adjacent to an activating group) is 1. The molecule has 0 unspecified atom stereocenters. The quantitative estimate of drug-likeness (QED) is 0.622. The van der Waals surface area contributed by atoms with Gasteiger partial charge in [-0.2, -0.15) is 5.26 Å². The van der Waals surface area contributed by atoms with E-state index in [0.717, 1.165) is 0 Å². The fourth-order valence-corrected chi connectivity index (χ4v) is 1.83. The van der Waals surface area contributed by atoms with Crippen molar-refractivity contribution in [3.05, 3.63) is 40.0 Å². The number of hydrogen-bond acceptors (Lipinski definition) is 4. The minimum absolute atomic E-state index is 0.0581. The summed E-state index contributed by atoms with van der Waals surface area (Å²) >= 11 is 11.7. The normalized spacial score (nSPS) is 10.9. The van der Waals surface area contributed by atoms with Crippen LogP contribution in [0.25, 0.3) is 0 Å². The highest BCUT2D eigenvalue weighted by Gasteiger charge is 2.11. The summed E-state index contributed by atoms with van der Waals surface area (Å²) in [6.07, 6.45) is 1.42. The molecule has 1 aromatic carbocycles. The maximum Gasteiger partial charge on any atom is 0.267 e.